The first-order chi connectivity index (χ1) is 11.7. The van der Waals surface area contributed by atoms with Crippen molar-refractivity contribution in [3.8, 4) is 0 Å². The van der Waals surface area contributed by atoms with E-state index in [1.54, 1.807) is 18.1 Å². The maximum Gasteiger partial charge on any atom is 0.288 e. The summed E-state index contributed by atoms with van der Waals surface area (Å²) in [4.78, 5) is 17.5. The van der Waals surface area contributed by atoms with E-state index in [0.717, 1.165) is 32.5 Å². The zero-order valence-corrected chi connectivity index (χ0v) is 13.8. The second-order valence-corrected chi connectivity index (χ2v) is 6.10. The highest BCUT2D eigenvalue weighted by molar-refractivity contribution is 5.88. The zero-order chi connectivity index (χ0) is 16.9. The van der Waals surface area contributed by atoms with Crippen LogP contribution in [0.25, 0.3) is 0 Å². The average molecular weight is 329 g/mol. The first kappa shape index (κ1) is 16.6. The summed E-state index contributed by atoms with van der Waals surface area (Å²) in [6.45, 7) is 2.71. The largest absolute Gasteiger partial charge is 0.375 e. The molecule has 0 radical (unpaired) electrons. The van der Waals surface area contributed by atoms with E-state index < -0.39 is 5.91 Å². The van der Waals surface area contributed by atoms with Crippen molar-refractivity contribution in [2.45, 2.75) is 25.0 Å². The molecule has 1 aromatic heterocycles. The molecule has 2 heterocycles. The molecular formula is C17H23N5O2. The molecule has 24 heavy (non-hydrogen) atoms. The van der Waals surface area contributed by atoms with Gasteiger partial charge in [-0.25, -0.2) is 9.67 Å². The Labute approximate surface area is 141 Å². The summed E-state index contributed by atoms with van der Waals surface area (Å²) in [5.41, 5.74) is 6.41. The van der Waals surface area contributed by atoms with Gasteiger partial charge in [0.1, 0.15) is 6.33 Å². The molecule has 2 atom stereocenters. The van der Waals surface area contributed by atoms with Crippen LogP contribution in [-0.4, -0.2) is 52.3 Å². The predicted molar refractivity (Wildman–Crippen MR) is 89.4 cm³/mol. The number of likely N-dealkylation sites (tertiary alicyclic amines) is 1. The summed E-state index contributed by atoms with van der Waals surface area (Å²) >= 11 is 0. The van der Waals surface area contributed by atoms with E-state index in [4.69, 9.17) is 10.5 Å². The molecule has 3 rings (SSSR count). The van der Waals surface area contributed by atoms with Gasteiger partial charge < -0.3 is 10.5 Å². The van der Waals surface area contributed by atoms with Gasteiger partial charge in [-0.05, 0) is 24.9 Å². The molecule has 1 amide bonds. The molecule has 0 unspecified atom stereocenters. The van der Waals surface area contributed by atoms with Crippen LogP contribution < -0.4 is 5.73 Å². The second kappa shape index (κ2) is 7.55. The predicted octanol–water partition coefficient (Wildman–Crippen LogP) is 1.40. The first-order valence-corrected chi connectivity index (χ1v) is 8.18. The van der Waals surface area contributed by atoms with Crippen molar-refractivity contribution >= 4 is 5.91 Å². The lowest BCUT2D eigenvalue weighted by molar-refractivity contribution is 0.0474. The Morgan fingerprint density at radius 1 is 1.42 bits per heavy atom. The van der Waals surface area contributed by atoms with E-state index in [9.17, 15) is 4.79 Å². The van der Waals surface area contributed by atoms with Gasteiger partial charge in [-0.3, -0.25) is 9.69 Å². The van der Waals surface area contributed by atoms with Crippen LogP contribution >= 0.6 is 0 Å². The van der Waals surface area contributed by atoms with Crippen molar-refractivity contribution in [1.82, 2.24) is 19.7 Å². The molecule has 0 spiro atoms. The maximum absolute atomic E-state index is 11.2. The molecule has 1 aromatic carbocycles. The number of piperidine rings is 1. The molecule has 2 N–H and O–H groups in total. The van der Waals surface area contributed by atoms with Crippen molar-refractivity contribution in [2.75, 3.05) is 26.7 Å². The monoisotopic (exact) mass is 329 g/mol. The van der Waals surface area contributed by atoms with E-state index in [-0.39, 0.29) is 18.0 Å². The van der Waals surface area contributed by atoms with Crippen molar-refractivity contribution in [3.63, 3.8) is 0 Å². The van der Waals surface area contributed by atoms with Crippen LogP contribution in [0.1, 0.15) is 41.2 Å². The molecule has 1 aliphatic heterocycles. The van der Waals surface area contributed by atoms with Crippen LogP contribution in [-0.2, 0) is 4.74 Å². The lowest BCUT2D eigenvalue weighted by Crippen LogP contribution is -2.39. The van der Waals surface area contributed by atoms with Gasteiger partial charge in [0, 0.05) is 20.2 Å². The minimum atomic E-state index is -0.593. The number of carbonyl (C=O) groups excluding carboxylic acids is 1. The van der Waals surface area contributed by atoms with E-state index in [1.165, 1.54) is 5.56 Å². The fraction of sp³-hybridized carbons (Fsp3) is 0.471. The smallest absolute Gasteiger partial charge is 0.288 e. The van der Waals surface area contributed by atoms with Crippen LogP contribution in [0.5, 0.6) is 0 Å². The number of nitrogens with zero attached hydrogens (tertiary/aromatic N) is 4. The van der Waals surface area contributed by atoms with E-state index in [1.807, 2.05) is 18.2 Å². The Hall–Kier alpha value is -2.25. The number of ether oxygens (including phenoxy) is 1. The Kier molecular flexibility index (Phi) is 5.22. The number of aromatic nitrogens is 3. The summed E-state index contributed by atoms with van der Waals surface area (Å²) in [7, 11) is 1.75. The van der Waals surface area contributed by atoms with Gasteiger partial charge >= 0.3 is 0 Å². The SMILES string of the molecule is CO[C@@H](CN1CCC[C@H](n2cnc(C(N)=O)n2)C1)c1ccccc1. The Balaban J connectivity index is 1.65. The maximum atomic E-state index is 11.2. The van der Waals surface area contributed by atoms with Crippen molar-refractivity contribution in [1.29, 1.82) is 0 Å². The van der Waals surface area contributed by atoms with Crippen molar-refractivity contribution < 1.29 is 9.53 Å². The molecule has 7 heteroatoms. The molecule has 1 aliphatic rings. The van der Waals surface area contributed by atoms with Gasteiger partial charge in [0.2, 0.25) is 5.82 Å². The molecule has 128 valence electrons. The van der Waals surface area contributed by atoms with E-state index in [0.29, 0.717) is 0 Å². The zero-order valence-electron chi connectivity index (χ0n) is 13.8. The number of hydrogen-bond acceptors (Lipinski definition) is 5. The fourth-order valence-electron chi connectivity index (χ4n) is 3.19. The first-order valence-electron chi connectivity index (χ1n) is 8.18. The Morgan fingerprint density at radius 3 is 2.88 bits per heavy atom. The molecular weight excluding hydrogens is 306 g/mol. The highest BCUT2D eigenvalue weighted by Gasteiger charge is 2.25. The third-order valence-corrected chi connectivity index (χ3v) is 4.46. The van der Waals surface area contributed by atoms with Crippen molar-refractivity contribution in [3.05, 3.63) is 48.0 Å². The van der Waals surface area contributed by atoms with E-state index >= 15 is 0 Å². The quantitative estimate of drug-likeness (QED) is 0.866. The molecule has 1 saturated heterocycles. The Morgan fingerprint density at radius 2 is 2.21 bits per heavy atom. The van der Waals surface area contributed by atoms with Gasteiger partial charge in [-0.15, -0.1) is 5.10 Å². The second-order valence-electron chi connectivity index (χ2n) is 6.10. The highest BCUT2D eigenvalue weighted by Crippen LogP contribution is 2.24. The standard InChI is InChI=1S/C17H23N5O2/c1-24-15(13-6-3-2-4-7-13)11-21-9-5-8-14(10-21)22-12-19-17(20-22)16(18)23/h2-4,6-7,12,14-15H,5,8-11H2,1H3,(H2,18,23)/t14-,15-/m0/s1. The van der Waals surface area contributed by atoms with Crippen LogP contribution in [0.3, 0.4) is 0 Å². The summed E-state index contributed by atoms with van der Waals surface area (Å²) in [6.07, 6.45) is 3.73. The van der Waals surface area contributed by atoms with Gasteiger partial charge in [0.25, 0.3) is 5.91 Å². The van der Waals surface area contributed by atoms with Crippen molar-refractivity contribution in [2.24, 2.45) is 5.73 Å². The number of methoxy groups -OCH3 is 1. The lowest BCUT2D eigenvalue weighted by atomic mass is 10.0. The van der Waals surface area contributed by atoms with Crippen LogP contribution in [0.15, 0.2) is 36.7 Å². The highest BCUT2D eigenvalue weighted by atomic mass is 16.5. The van der Waals surface area contributed by atoms with Gasteiger partial charge in [-0.1, -0.05) is 30.3 Å². The van der Waals surface area contributed by atoms with Crippen LogP contribution in [0.4, 0.5) is 0 Å². The number of benzene rings is 1. The third-order valence-electron chi connectivity index (χ3n) is 4.46. The third kappa shape index (κ3) is 3.80. The number of rotatable bonds is 6. The normalized spacial score (nSPS) is 20.0. The molecule has 0 aliphatic carbocycles. The fourth-order valence-corrected chi connectivity index (χ4v) is 3.19. The van der Waals surface area contributed by atoms with E-state index in [2.05, 4.69) is 27.1 Å². The molecule has 1 fully saturated rings. The summed E-state index contributed by atoms with van der Waals surface area (Å²) in [6, 6.07) is 10.4. The summed E-state index contributed by atoms with van der Waals surface area (Å²) < 4.78 is 7.44. The van der Waals surface area contributed by atoms with Crippen LogP contribution in [0, 0.1) is 0 Å². The minimum Gasteiger partial charge on any atom is -0.375 e. The topological polar surface area (TPSA) is 86.3 Å². The number of nitrogens with two attached hydrogens (primary N) is 1. The minimum absolute atomic E-state index is 0.0434. The molecule has 0 bridgehead atoms. The summed E-state index contributed by atoms with van der Waals surface area (Å²) in [5, 5.41) is 4.20. The molecule has 0 saturated carbocycles. The number of carbonyl (C=O) groups is 1. The average Bonchev–Trinajstić information content (AvgIpc) is 3.11. The lowest BCUT2D eigenvalue weighted by Gasteiger charge is -2.34. The molecule has 7 nitrogen and oxygen atoms in total. The van der Waals surface area contributed by atoms with Crippen LogP contribution in [0.2, 0.25) is 0 Å². The number of primary amides is 1. The van der Waals surface area contributed by atoms with Gasteiger partial charge in [0.15, 0.2) is 0 Å². The van der Waals surface area contributed by atoms with Gasteiger partial charge in [0.05, 0.1) is 12.1 Å². The van der Waals surface area contributed by atoms with Gasteiger partial charge in [-0.2, -0.15) is 0 Å². The summed E-state index contributed by atoms with van der Waals surface area (Å²) in [5.74, 6) is -0.517. The number of hydrogen-bond donors (Lipinski definition) is 1. The Bertz CT molecular complexity index is 673. The molecule has 2 aromatic rings. The number of amides is 1.